The fourth-order valence-corrected chi connectivity index (χ4v) is 5.78. The van der Waals surface area contributed by atoms with E-state index in [4.69, 9.17) is 21.1 Å². The molecule has 1 amide bonds. The molecule has 50 heavy (non-hydrogen) atoms. The number of benzene rings is 2. The number of carbonyl (C=O) groups is 2. The van der Waals surface area contributed by atoms with Crippen LogP contribution in [0.2, 0.25) is 5.02 Å². The number of hydrogen-bond donors (Lipinski definition) is 2. The average molecular weight is 703 g/mol. The fraction of sp³-hybridized carbons (Fsp3) is 0.257. The molecule has 0 bridgehead atoms. The summed E-state index contributed by atoms with van der Waals surface area (Å²) in [6.07, 6.45) is 2.82. The third-order valence-electron chi connectivity index (χ3n) is 8.65. The highest BCUT2D eigenvalue weighted by Gasteiger charge is 2.45. The number of pyridine rings is 2. The Bertz CT molecular complexity index is 2230. The van der Waals surface area contributed by atoms with Crippen LogP contribution >= 0.6 is 11.6 Å². The van der Waals surface area contributed by atoms with Crippen molar-refractivity contribution in [2.75, 3.05) is 6.61 Å². The van der Waals surface area contributed by atoms with E-state index in [1.165, 1.54) is 30.5 Å². The predicted octanol–water partition coefficient (Wildman–Crippen LogP) is 6.01. The van der Waals surface area contributed by atoms with E-state index in [1.807, 2.05) is 0 Å². The summed E-state index contributed by atoms with van der Waals surface area (Å²) >= 11 is 6.36. The largest absolute Gasteiger partial charge is 0.478 e. The van der Waals surface area contributed by atoms with Gasteiger partial charge in [-0.25, -0.2) is 27.9 Å². The zero-order valence-corrected chi connectivity index (χ0v) is 26.8. The summed E-state index contributed by atoms with van der Waals surface area (Å²) in [7, 11) is 0. The Balaban J connectivity index is 1.09. The lowest BCUT2D eigenvalue weighted by atomic mass is 10.0. The number of carboxylic acid groups (broad SMARTS) is 1. The lowest BCUT2D eigenvalue weighted by Gasteiger charge is -2.27. The van der Waals surface area contributed by atoms with Crippen molar-refractivity contribution >= 4 is 34.5 Å². The number of nitrogens with zero attached hydrogens (tertiary/aromatic N) is 5. The van der Waals surface area contributed by atoms with Crippen LogP contribution in [0.5, 0.6) is 5.88 Å². The first-order valence-corrected chi connectivity index (χ1v) is 15.9. The van der Waals surface area contributed by atoms with Gasteiger partial charge in [0.15, 0.2) is 5.82 Å². The molecule has 0 spiro atoms. The van der Waals surface area contributed by atoms with E-state index in [0.29, 0.717) is 25.0 Å². The van der Waals surface area contributed by atoms with Crippen LogP contribution in [0.3, 0.4) is 0 Å². The molecule has 0 radical (unpaired) electrons. The van der Waals surface area contributed by atoms with E-state index in [9.17, 15) is 24.3 Å². The monoisotopic (exact) mass is 702 g/mol. The first-order chi connectivity index (χ1) is 24.0. The van der Waals surface area contributed by atoms with E-state index in [2.05, 4.69) is 26.3 Å². The number of aromatic carboxylic acids is 1. The fourth-order valence-electron chi connectivity index (χ4n) is 5.57. The van der Waals surface area contributed by atoms with Crippen molar-refractivity contribution in [3.63, 3.8) is 0 Å². The van der Waals surface area contributed by atoms with Crippen molar-refractivity contribution in [3.8, 4) is 23.2 Å². The Labute approximate surface area is 287 Å². The number of hydrogen-bond acceptors (Lipinski definition) is 8. The SMILES string of the molecule is N#CC1(NC(=O)c2cc(Cl)c(COc3cccc(-c4cc(F)c(Cc5nc6c(F)cc(C(=O)O)cc6n5C[C@@H]5CCO5)cc4F)n3)cn2)CC1. The van der Waals surface area contributed by atoms with Crippen molar-refractivity contribution < 1.29 is 37.3 Å². The van der Waals surface area contributed by atoms with Crippen molar-refractivity contribution in [1.29, 1.82) is 5.26 Å². The first kappa shape index (κ1) is 33.0. The molecule has 1 aliphatic carbocycles. The molecule has 2 aromatic carbocycles. The highest BCUT2D eigenvalue weighted by molar-refractivity contribution is 6.31. The number of ether oxygens (including phenoxy) is 2. The number of carboxylic acids is 1. The summed E-state index contributed by atoms with van der Waals surface area (Å²) in [6, 6.07) is 12.2. The summed E-state index contributed by atoms with van der Waals surface area (Å²) in [5.41, 5.74) is -0.599. The van der Waals surface area contributed by atoms with Crippen molar-refractivity contribution in [2.45, 2.75) is 50.5 Å². The predicted molar refractivity (Wildman–Crippen MR) is 172 cm³/mol. The number of rotatable bonds is 11. The Kier molecular flexibility index (Phi) is 8.63. The molecule has 3 aromatic heterocycles. The highest BCUT2D eigenvalue weighted by Crippen LogP contribution is 2.35. The topological polar surface area (TPSA) is 152 Å². The second-order valence-corrected chi connectivity index (χ2v) is 12.5. The molecule has 2 aliphatic rings. The lowest BCUT2D eigenvalue weighted by Crippen LogP contribution is -2.36. The second-order valence-electron chi connectivity index (χ2n) is 12.1. The maximum atomic E-state index is 15.6. The number of aromatic nitrogens is 4. The van der Waals surface area contributed by atoms with E-state index in [-0.39, 0.29) is 81.5 Å². The van der Waals surface area contributed by atoms with Gasteiger partial charge in [-0.2, -0.15) is 5.26 Å². The Morgan fingerprint density at radius 2 is 1.90 bits per heavy atom. The van der Waals surface area contributed by atoms with Gasteiger partial charge < -0.3 is 24.5 Å². The molecule has 4 heterocycles. The van der Waals surface area contributed by atoms with Crippen molar-refractivity contribution in [1.82, 2.24) is 24.8 Å². The highest BCUT2D eigenvalue weighted by atomic mass is 35.5. The van der Waals surface area contributed by atoms with Crippen LogP contribution in [0.4, 0.5) is 13.2 Å². The molecule has 2 N–H and O–H groups in total. The van der Waals surface area contributed by atoms with Crippen LogP contribution in [0.15, 0.2) is 54.7 Å². The van der Waals surface area contributed by atoms with Gasteiger partial charge in [0.25, 0.3) is 5.91 Å². The van der Waals surface area contributed by atoms with Gasteiger partial charge in [0.05, 0.1) is 40.5 Å². The van der Waals surface area contributed by atoms with Crippen LogP contribution in [0, 0.1) is 28.8 Å². The van der Waals surface area contributed by atoms with Crippen LogP contribution in [0.25, 0.3) is 22.3 Å². The maximum absolute atomic E-state index is 15.6. The van der Waals surface area contributed by atoms with Gasteiger partial charge in [-0.05, 0) is 61.2 Å². The minimum atomic E-state index is -1.31. The summed E-state index contributed by atoms with van der Waals surface area (Å²) in [5, 5.41) is 21.5. The maximum Gasteiger partial charge on any atom is 0.335 e. The summed E-state index contributed by atoms with van der Waals surface area (Å²) in [6.45, 7) is 0.688. The van der Waals surface area contributed by atoms with E-state index in [0.717, 1.165) is 24.6 Å². The minimum Gasteiger partial charge on any atom is -0.478 e. The Hall–Kier alpha value is -5.52. The number of imidazole rings is 1. The van der Waals surface area contributed by atoms with Crippen LogP contribution in [0.1, 0.15) is 57.1 Å². The third-order valence-corrected chi connectivity index (χ3v) is 9.00. The number of nitrogens with one attached hydrogen (secondary N) is 1. The third kappa shape index (κ3) is 6.57. The van der Waals surface area contributed by atoms with Gasteiger partial charge in [0, 0.05) is 36.4 Å². The number of nitriles is 1. The number of carbonyl (C=O) groups excluding carboxylic acids is 1. The number of halogens is 4. The molecule has 15 heteroatoms. The minimum absolute atomic E-state index is 0.0467. The van der Waals surface area contributed by atoms with Crippen LogP contribution in [-0.2, 0) is 24.3 Å². The van der Waals surface area contributed by atoms with Crippen molar-refractivity contribution in [2.24, 2.45) is 0 Å². The standard InChI is InChI=1S/C35H26ClF3N6O5/c36-23-13-28(33(46)44-35(17-40)5-6-35)41-14-20(23)16-50-31-3-1-2-27(42-31)22-12-24(37)18(8-25(22)38)11-30-43-32-26(39)9-19(34(47)48)10-29(32)45(30)15-21-4-7-49-21/h1-3,8-10,12-14,21H,4-7,11,15-16H2,(H,44,46)(H,47,48)/t21-/m0/s1. The molecule has 5 aromatic rings. The summed E-state index contributed by atoms with van der Waals surface area (Å²) in [4.78, 5) is 36.8. The van der Waals surface area contributed by atoms with Crippen LogP contribution in [-0.4, -0.2) is 54.8 Å². The molecule has 1 atom stereocenters. The normalized spacial score (nSPS) is 16.0. The van der Waals surface area contributed by atoms with E-state index >= 15 is 8.78 Å². The van der Waals surface area contributed by atoms with Gasteiger partial charge in [-0.1, -0.05) is 17.7 Å². The molecule has 1 saturated carbocycles. The van der Waals surface area contributed by atoms with Gasteiger partial charge in [0.1, 0.15) is 40.8 Å². The smallest absolute Gasteiger partial charge is 0.335 e. The molecular formula is C35H26ClF3N6O5. The zero-order valence-electron chi connectivity index (χ0n) is 26.1. The zero-order chi connectivity index (χ0) is 35.2. The van der Waals surface area contributed by atoms with Gasteiger partial charge >= 0.3 is 5.97 Å². The number of fused-ring (bicyclic) bond motifs is 1. The average Bonchev–Trinajstić information content (AvgIpc) is 3.76. The Morgan fingerprint density at radius 3 is 2.58 bits per heavy atom. The van der Waals surface area contributed by atoms with Gasteiger partial charge in [-0.3, -0.25) is 9.78 Å². The molecule has 0 unspecified atom stereocenters. The van der Waals surface area contributed by atoms with Gasteiger partial charge in [-0.15, -0.1) is 0 Å². The van der Waals surface area contributed by atoms with Crippen molar-refractivity contribution in [3.05, 3.63) is 105 Å². The number of amides is 1. The van der Waals surface area contributed by atoms with E-state index < -0.39 is 34.9 Å². The quantitative estimate of drug-likeness (QED) is 0.169. The lowest BCUT2D eigenvalue weighted by molar-refractivity contribution is -0.0589. The molecular weight excluding hydrogens is 677 g/mol. The second kappa shape index (κ2) is 13.1. The molecule has 1 aliphatic heterocycles. The molecule has 11 nitrogen and oxygen atoms in total. The molecule has 254 valence electrons. The Morgan fingerprint density at radius 1 is 1.10 bits per heavy atom. The molecule has 1 saturated heterocycles. The van der Waals surface area contributed by atoms with Crippen LogP contribution < -0.4 is 10.1 Å². The first-order valence-electron chi connectivity index (χ1n) is 15.5. The van der Waals surface area contributed by atoms with E-state index in [1.54, 1.807) is 10.6 Å². The molecule has 2 fully saturated rings. The summed E-state index contributed by atoms with van der Waals surface area (Å²) in [5.74, 6) is -3.91. The summed E-state index contributed by atoms with van der Waals surface area (Å²) < 4.78 is 58.9. The molecule has 7 rings (SSSR count). The van der Waals surface area contributed by atoms with Gasteiger partial charge in [0.2, 0.25) is 5.88 Å².